The molecule has 4 heteroatoms. The van der Waals surface area contributed by atoms with E-state index < -0.39 is 0 Å². The van der Waals surface area contributed by atoms with Crippen molar-refractivity contribution in [3.63, 3.8) is 0 Å². The molecule has 1 aromatic heterocycles. The molecule has 27 heavy (non-hydrogen) atoms. The first-order valence-electron chi connectivity index (χ1n) is 8.88. The van der Waals surface area contributed by atoms with E-state index in [1.807, 2.05) is 42.5 Å². The molecule has 0 aliphatic carbocycles. The lowest BCUT2D eigenvalue weighted by Crippen LogP contribution is -2.02. The molecule has 4 rings (SSSR count). The molecule has 0 amide bonds. The molecule has 0 atom stereocenters. The van der Waals surface area contributed by atoms with Crippen molar-refractivity contribution in [2.24, 2.45) is 0 Å². The van der Waals surface area contributed by atoms with Gasteiger partial charge in [0.25, 0.3) is 0 Å². The minimum atomic E-state index is 0.104. The number of aromatic nitrogens is 2. The van der Waals surface area contributed by atoms with Crippen molar-refractivity contribution in [3.05, 3.63) is 83.4 Å². The number of rotatable bonds is 5. The van der Waals surface area contributed by atoms with Gasteiger partial charge in [-0.15, -0.1) is 0 Å². The van der Waals surface area contributed by atoms with E-state index in [2.05, 4.69) is 48.1 Å². The number of carbonyl (C=O) groups excluding carboxylic acids is 1. The Morgan fingerprint density at radius 1 is 0.926 bits per heavy atom. The number of aromatic amines is 1. The molecular formula is C23H20N2OS. The van der Waals surface area contributed by atoms with Gasteiger partial charge in [-0.05, 0) is 48.2 Å². The molecule has 0 radical (unpaired) electrons. The highest BCUT2D eigenvalue weighted by Gasteiger charge is 2.10. The Hall–Kier alpha value is -2.85. The Morgan fingerprint density at radius 2 is 1.59 bits per heavy atom. The zero-order valence-corrected chi connectivity index (χ0v) is 16.1. The van der Waals surface area contributed by atoms with Crippen molar-refractivity contribution >= 4 is 28.6 Å². The maximum Gasteiger partial charge on any atom is 0.173 e. The largest absolute Gasteiger partial charge is 0.333 e. The second kappa shape index (κ2) is 7.41. The van der Waals surface area contributed by atoms with Crippen molar-refractivity contribution in [1.29, 1.82) is 0 Å². The Bertz CT molecular complexity index is 1060. The second-order valence-corrected chi connectivity index (χ2v) is 7.61. The van der Waals surface area contributed by atoms with Gasteiger partial charge < -0.3 is 4.98 Å². The predicted octanol–water partition coefficient (Wildman–Crippen LogP) is 5.82. The summed E-state index contributed by atoms with van der Waals surface area (Å²) < 4.78 is 0. The zero-order chi connectivity index (χ0) is 18.8. The molecule has 0 unspecified atom stereocenters. The van der Waals surface area contributed by atoms with Gasteiger partial charge in [0.15, 0.2) is 10.9 Å². The fourth-order valence-corrected chi connectivity index (χ4v) is 3.79. The lowest BCUT2D eigenvalue weighted by atomic mass is 10.0. The Kier molecular flexibility index (Phi) is 4.82. The first-order chi connectivity index (χ1) is 13.1. The molecule has 0 spiro atoms. The molecular weight excluding hydrogens is 352 g/mol. The normalized spacial score (nSPS) is 11.0. The number of carbonyl (C=O) groups is 1. The molecule has 0 aliphatic heterocycles. The third-order valence-electron chi connectivity index (χ3n) is 4.73. The van der Waals surface area contributed by atoms with Crippen LogP contribution in [-0.4, -0.2) is 21.5 Å². The van der Waals surface area contributed by atoms with E-state index in [0.717, 1.165) is 32.9 Å². The smallest absolute Gasteiger partial charge is 0.173 e. The highest BCUT2D eigenvalue weighted by atomic mass is 32.2. The summed E-state index contributed by atoms with van der Waals surface area (Å²) in [7, 11) is 0. The summed E-state index contributed by atoms with van der Waals surface area (Å²) in [5.41, 5.74) is 7.41. The highest BCUT2D eigenvalue weighted by Crippen LogP contribution is 2.24. The minimum Gasteiger partial charge on any atom is -0.333 e. The lowest BCUT2D eigenvalue weighted by Gasteiger charge is -2.03. The average Bonchev–Trinajstić information content (AvgIpc) is 3.09. The number of H-pyrrole nitrogens is 1. The topological polar surface area (TPSA) is 45.8 Å². The van der Waals surface area contributed by atoms with Gasteiger partial charge in [0, 0.05) is 5.56 Å². The summed E-state index contributed by atoms with van der Waals surface area (Å²) in [4.78, 5) is 20.4. The zero-order valence-electron chi connectivity index (χ0n) is 15.3. The van der Waals surface area contributed by atoms with Gasteiger partial charge in [-0.2, -0.15) is 0 Å². The maximum atomic E-state index is 12.5. The van der Waals surface area contributed by atoms with Crippen molar-refractivity contribution in [2.75, 3.05) is 5.75 Å². The van der Waals surface area contributed by atoms with Gasteiger partial charge in [0.05, 0.1) is 16.8 Å². The minimum absolute atomic E-state index is 0.104. The van der Waals surface area contributed by atoms with Crippen LogP contribution < -0.4 is 0 Å². The molecule has 1 heterocycles. The highest BCUT2D eigenvalue weighted by molar-refractivity contribution is 7.99. The fourth-order valence-electron chi connectivity index (χ4n) is 3.01. The summed E-state index contributed by atoms with van der Waals surface area (Å²) in [5, 5.41) is 0.782. The van der Waals surface area contributed by atoms with Crippen LogP contribution in [-0.2, 0) is 0 Å². The second-order valence-electron chi connectivity index (χ2n) is 6.65. The summed E-state index contributed by atoms with van der Waals surface area (Å²) in [5.74, 6) is 0.468. The van der Waals surface area contributed by atoms with Gasteiger partial charge in [-0.1, -0.05) is 66.4 Å². The average molecular weight is 372 g/mol. The molecule has 3 nitrogen and oxygen atoms in total. The van der Waals surface area contributed by atoms with E-state index in [4.69, 9.17) is 0 Å². The van der Waals surface area contributed by atoms with Gasteiger partial charge >= 0.3 is 0 Å². The van der Waals surface area contributed by atoms with Gasteiger partial charge in [-0.3, -0.25) is 4.79 Å². The summed E-state index contributed by atoms with van der Waals surface area (Å²) >= 11 is 1.45. The molecule has 0 aliphatic rings. The van der Waals surface area contributed by atoms with E-state index in [0.29, 0.717) is 5.75 Å². The number of hydrogen-bond acceptors (Lipinski definition) is 3. The standard InChI is InChI=1S/C23H20N2OS/c1-15-12-20-21(13-16(15)2)25-23(24-20)27-14-22(26)19-10-8-18(9-11-19)17-6-4-3-5-7-17/h3-13H,14H2,1-2H3,(H,24,25). The predicted molar refractivity (Wildman–Crippen MR) is 113 cm³/mol. The number of hydrogen-bond donors (Lipinski definition) is 1. The van der Waals surface area contributed by atoms with Crippen molar-refractivity contribution in [1.82, 2.24) is 9.97 Å². The van der Waals surface area contributed by atoms with E-state index >= 15 is 0 Å². The maximum absolute atomic E-state index is 12.5. The van der Waals surface area contributed by atoms with E-state index in [9.17, 15) is 4.79 Å². The van der Waals surface area contributed by atoms with Crippen LogP contribution in [0.25, 0.3) is 22.2 Å². The number of fused-ring (bicyclic) bond motifs is 1. The van der Waals surface area contributed by atoms with Crippen LogP contribution in [0.2, 0.25) is 0 Å². The van der Waals surface area contributed by atoms with Crippen molar-refractivity contribution in [2.45, 2.75) is 19.0 Å². The van der Waals surface area contributed by atoms with Crippen LogP contribution in [0, 0.1) is 13.8 Å². The first-order valence-corrected chi connectivity index (χ1v) is 9.87. The van der Waals surface area contributed by atoms with Crippen LogP contribution >= 0.6 is 11.8 Å². The fraction of sp³-hybridized carbons (Fsp3) is 0.130. The summed E-state index contributed by atoms with van der Waals surface area (Å²) in [6, 6.07) is 22.1. The number of benzene rings is 3. The number of Topliss-reactive ketones (excluding diaryl/α,β-unsaturated/α-hetero) is 1. The number of nitrogens with zero attached hydrogens (tertiary/aromatic N) is 1. The number of ketones is 1. The molecule has 0 bridgehead atoms. The number of nitrogens with one attached hydrogen (secondary N) is 1. The van der Waals surface area contributed by atoms with E-state index in [1.165, 1.54) is 22.9 Å². The lowest BCUT2D eigenvalue weighted by molar-refractivity contribution is 0.102. The molecule has 1 N–H and O–H groups in total. The Labute approximate surface area is 162 Å². The number of imidazole rings is 1. The van der Waals surface area contributed by atoms with Crippen molar-refractivity contribution < 1.29 is 4.79 Å². The van der Waals surface area contributed by atoms with Gasteiger partial charge in [0.2, 0.25) is 0 Å². The third kappa shape index (κ3) is 3.81. The quantitative estimate of drug-likeness (QED) is 0.354. The SMILES string of the molecule is Cc1cc2nc(SCC(=O)c3ccc(-c4ccccc4)cc3)[nH]c2cc1C. The third-order valence-corrected chi connectivity index (χ3v) is 5.60. The van der Waals surface area contributed by atoms with Crippen LogP contribution in [0.1, 0.15) is 21.5 Å². The van der Waals surface area contributed by atoms with Crippen LogP contribution in [0.15, 0.2) is 71.9 Å². The Morgan fingerprint density at radius 3 is 2.33 bits per heavy atom. The van der Waals surface area contributed by atoms with E-state index in [-0.39, 0.29) is 5.78 Å². The van der Waals surface area contributed by atoms with Gasteiger partial charge in [-0.25, -0.2) is 4.98 Å². The summed E-state index contributed by atoms with van der Waals surface area (Å²) in [6.07, 6.45) is 0. The molecule has 0 saturated heterocycles. The van der Waals surface area contributed by atoms with E-state index in [1.54, 1.807) is 0 Å². The summed E-state index contributed by atoms with van der Waals surface area (Å²) in [6.45, 7) is 4.17. The van der Waals surface area contributed by atoms with Crippen LogP contribution in [0.4, 0.5) is 0 Å². The van der Waals surface area contributed by atoms with Crippen LogP contribution in [0.5, 0.6) is 0 Å². The molecule has 3 aromatic carbocycles. The number of thioether (sulfide) groups is 1. The van der Waals surface area contributed by atoms with Crippen LogP contribution in [0.3, 0.4) is 0 Å². The molecule has 4 aromatic rings. The Balaban J connectivity index is 1.45. The monoisotopic (exact) mass is 372 g/mol. The first kappa shape index (κ1) is 17.6. The molecule has 0 fully saturated rings. The molecule has 134 valence electrons. The molecule has 0 saturated carbocycles. The van der Waals surface area contributed by atoms with Gasteiger partial charge in [0.1, 0.15) is 0 Å². The van der Waals surface area contributed by atoms with Crippen molar-refractivity contribution in [3.8, 4) is 11.1 Å². The number of aryl methyl sites for hydroxylation is 2.